The Labute approximate surface area is 158 Å². The topological polar surface area (TPSA) is 61.5 Å². The molecule has 1 aliphatic heterocycles. The molecule has 0 unspecified atom stereocenters. The summed E-state index contributed by atoms with van der Waals surface area (Å²) in [6, 6.07) is 14.1. The number of carbonyl (C=O) groups is 1. The molecule has 3 aromatic rings. The number of aromatic amines is 1. The van der Waals surface area contributed by atoms with E-state index >= 15 is 0 Å². The maximum atomic E-state index is 12.9. The number of carbonyl (C=O) groups excluding carboxylic acids is 1. The number of nitrogens with zero attached hydrogens (tertiary/aromatic N) is 3. The molecule has 0 bridgehead atoms. The van der Waals surface area contributed by atoms with E-state index < -0.39 is 0 Å². The number of benzene rings is 2. The van der Waals surface area contributed by atoms with Crippen LogP contribution in [0.15, 0.2) is 54.9 Å². The fraction of sp³-hybridized carbons (Fsp3) is 0.238. The summed E-state index contributed by atoms with van der Waals surface area (Å²) in [4.78, 5) is 16.6. The van der Waals surface area contributed by atoms with E-state index in [1.807, 2.05) is 41.4 Å². The molecule has 1 fully saturated rings. The van der Waals surface area contributed by atoms with Gasteiger partial charge in [0.05, 0.1) is 13.3 Å². The normalized spacial score (nSPS) is 14.1. The van der Waals surface area contributed by atoms with Crippen LogP contribution in [-0.4, -0.2) is 41.3 Å². The fourth-order valence-corrected chi connectivity index (χ4v) is 3.45. The first-order valence-electron chi connectivity index (χ1n) is 8.95. The van der Waals surface area contributed by atoms with Gasteiger partial charge in [0.25, 0.3) is 0 Å². The average Bonchev–Trinajstić information content (AvgIpc) is 3.34. The lowest BCUT2D eigenvalue weighted by atomic mass is 10.1. The Morgan fingerprint density at radius 1 is 1.19 bits per heavy atom. The number of urea groups is 1. The molecule has 2 heterocycles. The molecule has 1 aliphatic rings. The van der Waals surface area contributed by atoms with Crippen molar-refractivity contribution in [1.82, 2.24) is 15.1 Å². The van der Waals surface area contributed by atoms with Crippen LogP contribution in [0.4, 0.5) is 10.5 Å². The second-order valence-electron chi connectivity index (χ2n) is 6.65. The maximum Gasteiger partial charge on any atom is 0.324 e. The van der Waals surface area contributed by atoms with Crippen molar-refractivity contribution in [1.29, 1.82) is 0 Å². The highest BCUT2D eigenvalue weighted by molar-refractivity contribution is 5.95. The summed E-state index contributed by atoms with van der Waals surface area (Å²) >= 11 is 0. The third kappa shape index (κ3) is 3.26. The molecule has 1 saturated heterocycles. The van der Waals surface area contributed by atoms with Crippen LogP contribution in [-0.2, 0) is 6.54 Å². The van der Waals surface area contributed by atoms with Gasteiger partial charge in [-0.2, -0.15) is 5.10 Å². The molecular weight excluding hydrogens is 340 g/mol. The Hall–Kier alpha value is -3.28. The molecule has 4 rings (SSSR count). The number of hydrogen-bond acceptors (Lipinski definition) is 3. The van der Waals surface area contributed by atoms with Crippen LogP contribution in [0.25, 0.3) is 11.1 Å². The van der Waals surface area contributed by atoms with E-state index in [0.717, 1.165) is 22.6 Å². The standard InChI is InChI=1S/C21H22N4O2/c1-15-5-3-4-6-16(15)14-24-9-10-25(21(24)26)18-7-8-19(20(11-18)27-2)17-12-22-23-13-17/h3-8,11-13H,9-10,14H2,1-2H3,(H,22,23). The fourth-order valence-electron chi connectivity index (χ4n) is 3.45. The van der Waals surface area contributed by atoms with Crippen molar-refractivity contribution in [3.8, 4) is 16.9 Å². The van der Waals surface area contributed by atoms with Crippen LogP contribution in [0, 0.1) is 6.92 Å². The van der Waals surface area contributed by atoms with Crippen molar-refractivity contribution < 1.29 is 9.53 Å². The van der Waals surface area contributed by atoms with Crippen LogP contribution in [0.1, 0.15) is 11.1 Å². The van der Waals surface area contributed by atoms with E-state index in [4.69, 9.17) is 4.74 Å². The smallest absolute Gasteiger partial charge is 0.324 e. The van der Waals surface area contributed by atoms with Crippen molar-refractivity contribution >= 4 is 11.7 Å². The molecule has 1 aromatic heterocycles. The number of H-pyrrole nitrogens is 1. The number of aromatic nitrogens is 2. The van der Waals surface area contributed by atoms with Gasteiger partial charge in [0.1, 0.15) is 5.75 Å². The molecule has 0 spiro atoms. The minimum atomic E-state index is 0.0244. The van der Waals surface area contributed by atoms with Gasteiger partial charge in [0.15, 0.2) is 0 Å². The lowest BCUT2D eigenvalue weighted by Crippen LogP contribution is -2.31. The summed E-state index contributed by atoms with van der Waals surface area (Å²) < 4.78 is 5.55. The van der Waals surface area contributed by atoms with Gasteiger partial charge in [-0.15, -0.1) is 0 Å². The van der Waals surface area contributed by atoms with Crippen molar-refractivity contribution in [2.24, 2.45) is 0 Å². The Kier molecular flexibility index (Phi) is 4.54. The van der Waals surface area contributed by atoms with Crippen molar-refractivity contribution in [2.45, 2.75) is 13.5 Å². The van der Waals surface area contributed by atoms with Gasteiger partial charge < -0.3 is 9.64 Å². The monoisotopic (exact) mass is 362 g/mol. The highest BCUT2D eigenvalue weighted by atomic mass is 16.5. The molecule has 27 heavy (non-hydrogen) atoms. The first-order chi connectivity index (χ1) is 13.2. The third-order valence-corrected chi connectivity index (χ3v) is 5.02. The average molecular weight is 362 g/mol. The maximum absolute atomic E-state index is 12.9. The van der Waals surface area contributed by atoms with Crippen LogP contribution < -0.4 is 9.64 Å². The molecule has 138 valence electrons. The number of anilines is 1. The molecule has 0 aliphatic carbocycles. The zero-order chi connectivity index (χ0) is 18.8. The molecule has 0 atom stereocenters. The second-order valence-corrected chi connectivity index (χ2v) is 6.65. The SMILES string of the molecule is COc1cc(N2CCN(Cc3ccccc3C)C2=O)ccc1-c1cn[nH]c1. The highest BCUT2D eigenvalue weighted by Crippen LogP contribution is 2.34. The highest BCUT2D eigenvalue weighted by Gasteiger charge is 2.30. The number of rotatable bonds is 5. The zero-order valence-corrected chi connectivity index (χ0v) is 15.5. The molecule has 6 nitrogen and oxygen atoms in total. The molecule has 0 saturated carbocycles. The Morgan fingerprint density at radius 3 is 2.78 bits per heavy atom. The van der Waals surface area contributed by atoms with E-state index in [1.165, 1.54) is 11.1 Å². The van der Waals surface area contributed by atoms with Crippen molar-refractivity contribution in [2.75, 3.05) is 25.1 Å². The minimum Gasteiger partial charge on any atom is -0.496 e. The number of methoxy groups -OCH3 is 1. The van der Waals surface area contributed by atoms with Crippen molar-refractivity contribution in [3.63, 3.8) is 0 Å². The summed E-state index contributed by atoms with van der Waals surface area (Å²) in [5.41, 5.74) is 5.12. The van der Waals surface area contributed by atoms with E-state index in [2.05, 4.69) is 29.3 Å². The van der Waals surface area contributed by atoms with Crippen LogP contribution in [0.5, 0.6) is 5.75 Å². The van der Waals surface area contributed by atoms with E-state index in [0.29, 0.717) is 19.6 Å². The molecule has 0 radical (unpaired) electrons. The number of nitrogens with one attached hydrogen (secondary N) is 1. The number of aryl methyl sites for hydroxylation is 1. The second kappa shape index (κ2) is 7.15. The van der Waals surface area contributed by atoms with Gasteiger partial charge in [-0.3, -0.25) is 10.00 Å². The summed E-state index contributed by atoms with van der Waals surface area (Å²) in [5.74, 6) is 0.721. The predicted molar refractivity (Wildman–Crippen MR) is 105 cm³/mol. The van der Waals surface area contributed by atoms with E-state index in [9.17, 15) is 4.79 Å². The Morgan fingerprint density at radius 2 is 2.04 bits per heavy atom. The first-order valence-corrected chi connectivity index (χ1v) is 8.95. The largest absolute Gasteiger partial charge is 0.496 e. The molecule has 2 amide bonds. The first kappa shape index (κ1) is 17.1. The van der Waals surface area contributed by atoms with Gasteiger partial charge in [-0.05, 0) is 30.2 Å². The van der Waals surface area contributed by atoms with E-state index in [-0.39, 0.29) is 6.03 Å². The third-order valence-electron chi connectivity index (χ3n) is 5.02. The van der Waals surface area contributed by atoms with Gasteiger partial charge in [0.2, 0.25) is 0 Å². The summed E-state index contributed by atoms with van der Waals surface area (Å²) in [7, 11) is 1.64. The van der Waals surface area contributed by atoms with Gasteiger partial charge >= 0.3 is 6.03 Å². The van der Waals surface area contributed by atoms with Crippen LogP contribution in [0.2, 0.25) is 0 Å². The summed E-state index contributed by atoms with van der Waals surface area (Å²) in [6.45, 7) is 4.08. The Bertz CT molecular complexity index is 953. The zero-order valence-electron chi connectivity index (χ0n) is 15.5. The van der Waals surface area contributed by atoms with Crippen LogP contribution >= 0.6 is 0 Å². The number of amides is 2. The molecule has 1 N–H and O–H groups in total. The lowest BCUT2D eigenvalue weighted by molar-refractivity contribution is 0.218. The van der Waals surface area contributed by atoms with Gasteiger partial charge in [-0.1, -0.05) is 24.3 Å². The number of ether oxygens (including phenoxy) is 1. The summed E-state index contributed by atoms with van der Waals surface area (Å²) in [5, 5.41) is 6.80. The van der Waals surface area contributed by atoms with E-state index in [1.54, 1.807) is 18.2 Å². The molecule has 2 aromatic carbocycles. The van der Waals surface area contributed by atoms with Crippen molar-refractivity contribution in [3.05, 3.63) is 66.0 Å². The van der Waals surface area contributed by atoms with Gasteiger partial charge in [0, 0.05) is 48.7 Å². The lowest BCUT2D eigenvalue weighted by Gasteiger charge is -2.20. The molecule has 6 heteroatoms. The molecular formula is C21H22N4O2. The van der Waals surface area contributed by atoms with Crippen LogP contribution in [0.3, 0.4) is 0 Å². The predicted octanol–water partition coefficient (Wildman–Crippen LogP) is 3.84. The van der Waals surface area contributed by atoms with Gasteiger partial charge in [-0.25, -0.2) is 4.79 Å². The number of hydrogen-bond donors (Lipinski definition) is 1. The summed E-state index contributed by atoms with van der Waals surface area (Å²) in [6.07, 6.45) is 3.57. The quantitative estimate of drug-likeness (QED) is 0.750. The minimum absolute atomic E-state index is 0.0244. The Balaban J connectivity index is 1.56.